The number of aldehydes is 1. The topological polar surface area (TPSA) is 126 Å². The van der Waals surface area contributed by atoms with Crippen LogP contribution in [-0.4, -0.2) is 91.7 Å². The number of anilines is 3. The normalized spacial score (nSPS) is 17.3. The Labute approximate surface area is 223 Å². The average molecular weight is 519 g/mol. The predicted molar refractivity (Wildman–Crippen MR) is 144 cm³/mol. The number of amides is 2. The van der Waals surface area contributed by atoms with Gasteiger partial charge in [-0.1, -0.05) is 0 Å². The quantitative estimate of drug-likeness (QED) is 0.568. The maximum absolute atomic E-state index is 12.1. The molecule has 0 unspecified atom stereocenters. The summed E-state index contributed by atoms with van der Waals surface area (Å²) < 4.78 is 0. The summed E-state index contributed by atoms with van der Waals surface area (Å²) in [5, 5.41) is 12.0. The maximum atomic E-state index is 12.1. The molecule has 1 N–H and O–H groups in total. The Kier molecular flexibility index (Phi) is 8.86. The number of nitrogens with one attached hydrogen (secondary N) is 1. The molecule has 0 radical (unpaired) electrons. The summed E-state index contributed by atoms with van der Waals surface area (Å²) in [5.74, 6) is 1.44. The van der Waals surface area contributed by atoms with E-state index in [1.807, 2.05) is 31.1 Å². The van der Waals surface area contributed by atoms with Crippen molar-refractivity contribution >= 4 is 35.9 Å². The zero-order chi connectivity index (χ0) is 27.1. The van der Waals surface area contributed by atoms with Crippen LogP contribution in [0.4, 0.5) is 17.3 Å². The molecule has 5 heterocycles. The highest BCUT2D eigenvalue weighted by molar-refractivity contribution is 5.82. The lowest BCUT2D eigenvalue weighted by Crippen LogP contribution is -2.48. The van der Waals surface area contributed by atoms with Gasteiger partial charge in [0.05, 0.1) is 17.8 Å². The summed E-state index contributed by atoms with van der Waals surface area (Å²) in [4.78, 5) is 50.7. The fourth-order valence-electron chi connectivity index (χ4n) is 5.00. The van der Waals surface area contributed by atoms with Gasteiger partial charge < -0.3 is 15.1 Å². The van der Waals surface area contributed by atoms with Crippen molar-refractivity contribution in [1.82, 2.24) is 19.8 Å². The molecule has 3 aliphatic heterocycles. The van der Waals surface area contributed by atoms with E-state index in [1.54, 1.807) is 11.1 Å². The highest BCUT2D eigenvalue weighted by Gasteiger charge is 2.25. The molecular weight excluding hydrogens is 484 g/mol. The molecule has 2 amide bonds. The van der Waals surface area contributed by atoms with E-state index in [0.29, 0.717) is 49.5 Å². The van der Waals surface area contributed by atoms with E-state index in [-0.39, 0.29) is 5.91 Å². The second-order valence-electron chi connectivity index (χ2n) is 9.73. The maximum Gasteiger partial charge on any atom is 0.237 e. The van der Waals surface area contributed by atoms with Crippen molar-refractivity contribution in [1.29, 1.82) is 5.26 Å². The molecule has 0 bridgehead atoms. The first-order valence-electron chi connectivity index (χ1n) is 13.0. The first-order chi connectivity index (χ1) is 18.5. The SMILES string of the molecule is CN1CCN(Cc2cc3c(nc2C=O)N(C=O)CCC3)C(=O)C1.CNc1cc(N2CCCC2)c(C#N)cn1. The summed E-state index contributed by atoms with van der Waals surface area (Å²) in [6.07, 6.45) is 7.22. The fourth-order valence-corrected chi connectivity index (χ4v) is 5.00. The summed E-state index contributed by atoms with van der Waals surface area (Å²) >= 11 is 0. The number of hydrogen-bond acceptors (Lipinski definition) is 9. The largest absolute Gasteiger partial charge is 0.373 e. The number of pyridine rings is 2. The molecule has 11 heteroatoms. The third-order valence-corrected chi connectivity index (χ3v) is 7.12. The molecule has 5 rings (SSSR count). The number of rotatable bonds is 6. The average Bonchev–Trinajstić information content (AvgIpc) is 3.49. The Morgan fingerprint density at radius 3 is 2.55 bits per heavy atom. The van der Waals surface area contributed by atoms with Gasteiger partial charge >= 0.3 is 0 Å². The monoisotopic (exact) mass is 518 g/mol. The smallest absolute Gasteiger partial charge is 0.237 e. The van der Waals surface area contributed by atoms with Gasteiger partial charge in [-0.2, -0.15) is 5.26 Å². The lowest BCUT2D eigenvalue weighted by atomic mass is 10.0. The molecule has 3 aliphatic rings. The van der Waals surface area contributed by atoms with Crippen LogP contribution in [0.3, 0.4) is 0 Å². The van der Waals surface area contributed by atoms with Crippen LogP contribution in [0, 0.1) is 11.3 Å². The molecule has 0 aromatic carbocycles. The van der Waals surface area contributed by atoms with Crippen LogP contribution in [0.1, 0.15) is 46.4 Å². The van der Waals surface area contributed by atoms with Crippen LogP contribution in [0.5, 0.6) is 0 Å². The van der Waals surface area contributed by atoms with Crippen LogP contribution in [0.2, 0.25) is 0 Å². The summed E-state index contributed by atoms with van der Waals surface area (Å²) in [5.41, 5.74) is 3.70. The lowest BCUT2D eigenvalue weighted by molar-refractivity contribution is -0.136. The molecule has 2 fully saturated rings. The van der Waals surface area contributed by atoms with Crippen molar-refractivity contribution in [2.24, 2.45) is 0 Å². The third-order valence-electron chi connectivity index (χ3n) is 7.12. The molecule has 11 nitrogen and oxygen atoms in total. The second kappa shape index (κ2) is 12.5. The first-order valence-corrected chi connectivity index (χ1v) is 13.0. The Morgan fingerprint density at radius 2 is 1.89 bits per heavy atom. The Morgan fingerprint density at radius 1 is 1.11 bits per heavy atom. The van der Waals surface area contributed by atoms with Crippen molar-refractivity contribution in [2.75, 3.05) is 68.5 Å². The van der Waals surface area contributed by atoms with E-state index in [4.69, 9.17) is 5.26 Å². The highest BCUT2D eigenvalue weighted by atomic mass is 16.2. The number of nitriles is 1. The molecule has 200 valence electrons. The zero-order valence-corrected chi connectivity index (χ0v) is 22.0. The molecule has 0 spiro atoms. The van der Waals surface area contributed by atoms with Crippen LogP contribution in [0.25, 0.3) is 0 Å². The highest BCUT2D eigenvalue weighted by Crippen LogP contribution is 2.27. The van der Waals surface area contributed by atoms with Crippen LogP contribution in [-0.2, 0) is 22.6 Å². The van der Waals surface area contributed by atoms with Crippen LogP contribution >= 0.6 is 0 Å². The number of likely N-dealkylation sites (N-methyl/N-ethyl adjacent to an activating group) is 1. The van der Waals surface area contributed by atoms with E-state index in [0.717, 1.165) is 61.5 Å². The number of carbonyl (C=O) groups excluding carboxylic acids is 3. The number of piperazine rings is 1. The van der Waals surface area contributed by atoms with Crippen molar-refractivity contribution in [3.63, 3.8) is 0 Å². The van der Waals surface area contributed by atoms with Crippen LogP contribution in [0.15, 0.2) is 18.3 Å². The van der Waals surface area contributed by atoms with E-state index >= 15 is 0 Å². The minimum Gasteiger partial charge on any atom is -0.373 e. The Hall–Kier alpha value is -4.04. The van der Waals surface area contributed by atoms with Crippen molar-refractivity contribution < 1.29 is 14.4 Å². The molecular formula is C27H34N8O3. The molecule has 2 aromatic rings. The minimum atomic E-state index is 0.0582. The Balaban J connectivity index is 0.000000194. The van der Waals surface area contributed by atoms with Crippen molar-refractivity contribution in [3.05, 3.63) is 40.7 Å². The number of fused-ring (bicyclic) bond motifs is 1. The number of nitrogens with zero attached hydrogens (tertiary/aromatic N) is 7. The van der Waals surface area contributed by atoms with Gasteiger partial charge in [0.25, 0.3) is 0 Å². The number of aryl methyl sites for hydroxylation is 1. The summed E-state index contributed by atoms with van der Waals surface area (Å²) in [7, 11) is 3.75. The van der Waals surface area contributed by atoms with Gasteiger partial charge in [-0.3, -0.25) is 24.2 Å². The van der Waals surface area contributed by atoms with Gasteiger partial charge in [0.1, 0.15) is 23.4 Å². The van der Waals surface area contributed by atoms with Gasteiger partial charge in [-0.05, 0) is 44.4 Å². The van der Waals surface area contributed by atoms with Gasteiger partial charge in [0.15, 0.2) is 6.29 Å². The van der Waals surface area contributed by atoms with Crippen LogP contribution < -0.4 is 15.1 Å². The molecule has 0 saturated carbocycles. The summed E-state index contributed by atoms with van der Waals surface area (Å²) in [6, 6.07) is 6.06. The first kappa shape index (κ1) is 27.0. The van der Waals surface area contributed by atoms with Gasteiger partial charge in [-0.25, -0.2) is 9.97 Å². The molecule has 38 heavy (non-hydrogen) atoms. The number of aromatic nitrogens is 2. The standard InChI is InChI=1S/C16H20N4O3.C11H14N4/c1-18-5-6-19(15(23)9-18)8-13-7-12-3-2-4-20(11-22)16(12)17-14(13)10-21;1-13-11-6-10(9(7-12)8-14-11)15-4-2-3-5-15/h7,10-11H,2-6,8-9H2,1H3;6,8H,2-5H2,1H3,(H,13,14). The Bertz CT molecular complexity index is 1220. The van der Waals surface area contributed by atoms with Gasteiger partial charge in [-0.15, -0.1) is 0 Å². The fraction of sp³-hybridized carbons (Fsp3) is 0.481. The van der Waals surface area contributed by atoms with E-state index in [2.05, 4.69) is 26.3 Å². The van der Waals surface area contributed by atoms with Gasteiger partial charge in [0, 0.05) is 64.1 Å². The van der Waals surface area contributed by atoms with E-state index in [1.165, 1.54) is 17.7 Å². The van der Waals surface area contributed by atoms with Crippen molar-refractivity contribution in [3.8, 4) is 6.07 Å². The zero-order valence-electron chi connectivity index (χ0n) is 22.0. The number of hydrogen-bond donors (Lipinski definition) is 1. The number of carbonyl (C=O) groups is 3. The lowest BCUT2D eigenvalue weighted by Gasteiger charge is -2.33. The predicted octanol–water partition coefficient (Wildman–Crippen LogP) is 1.67. The second-order valence-corrected chi connectivity index (χ2v) is 9.73. The minimum absolute atomic E-state index is 0.0582. The third kappa shape index (κ3) is 6.08. The van der Waals surface area contributed by atoms with Crippen molar-refractivity contribution in [2.45, 2.75) is 32.2 Å². The molecule has 2 aromatic heterocycles. The van der Waals surface area contributed by atoms with E-state index < -0.39 is 0 Å². The molecule has 0 atom stereocenters. The molecule has 2 saturated heterocycles. The van der Waals surface area contributed by atoms with Gasteiger partial charge in [0.2, 0.25) is 12.3 Å². The van der Waals surface area contributed by atoms with E-state index in [9.17, 15) is 14.4 Å². The molecule has 0 aliphatic carbocycles. The summed E-state index contributed by atoms with van der Waals surface area (Å²) in [6.45, 7) is 4.96.